The third-order valence-electron chi connectivity index (χ3n) is 2.16. The lowest BCUT2D eigenvalue weighted by Crippen LogP contribution is -2.10. The summed E-state index contributed by atoms with van der Waals surface area (Å²) in [5, 5.41) is 8.71. The minimum atomic E-state index is -0.584. The standard InChI is InChI=1S/C12H14O6/c1-16-11(14)8-3-4-9(12(15)17-2)10(7-8)18-6-5-13/h3-4,7,13H,5-6H2,1-2H3. The van der Waals surface area contributed by atoms with Crippen molar-refractivity contribution in [2.45, 2.75) is 0 Å². The number of benzene rings is 1. The van der Waals surface area contributed by atoms with E-state index in [9.17, 15) is 9.59 Å². The molecule has 0 aliphatic carbocycles. The average molecular weight is 254 g/mol. The van der Waals surface area contributed by atoms with Gasteiger partial charge in [-0.2, -0.15) is 0 Å². The van der Waals surface area contributed by atoms with Gasteiger partial charge in [0.2, 0.25) is 0 Å². The predicted molar refractivity (Wildman–Crippen MR) is 61.7 cm³/mol. The van der Waals surface area contributed by atoms with Gasteiger partial charge in [0.1, 0.15) is 17.9 Å². The number of hydrogen-bond acceptors (Lipinski definition) is 6. The molecule has 0 aliphatic heterocycles. The van der Waals surface area contributed by atoms with Gasteiger partial charge in [0.15, 0.2) is 0 Å². The van der Waals surface area contributed by atoms with Gasteiger partial charge in [0.25, 0.3) is 0 Å². The van der Waals surface area contributed by atoms with Crippen LogP contribution in [0.4, 0.5) is 0 Å². The van der Waals surface area contributed by atoms with Crippen molar-refractivity contribution in [2.75, 3.05) is 27.4 Å². The molecular weight excluding hydrogens is 240 g/mol. The summed E-state index contributed by atoms with van der Waals surface area (Å²) in [4.78, 5) is 22.8. The molecule has 1 rings (SSSR count). The van der Waals surface area contributed by atoms with Gasteiger partial charge in [-0.05, 0) is 18.2 Å². The highest BCUT2D eigenvalue weighted by atomic mass is 16.5. The maximum Gasteiger partial charge on any atom is 0.341 e. The van der Waals surface area contributed by atoms with Crippen molar-refractivity contribution in [3.05, 3.63) is 29.3 Å². The molecule has 6 nitrogen and oxygen atoms in total. The second-order valence-electron chi connectivity index (χ2n) is 3.27. The Morgan fingerprint density at radius 1 is 1.17 bits per heavy atom. The molecule has 0 radical (unpaired) electrons. The third kappa shape index (κ3) is 3.21. The van der Waals surface area contributed by atoms with Crippen molar-refractivity contribution < 1.29 is 28.9 Å². The zero-order valence-electron chi connectivity index (χ0n) is 10.1. The van der Waals surface area contributed by atoms with Gasteiger partial charge in [-0.15, -0.1) is 0 Å². The van der Waals surface area contributed by atoms with Gasteiger partial charge in [-0.25, -0.2) is 9.59 Å². The van der Waals surface area contributed by atoms with Crippen molar-refractivity contribution >= 4 is 11.9 Å². The largest absolute Gasteiger partial charge is 0.490 e. The van der Waals surface area contributed by atoms with Crippen LogP contribution >= 0.6 is 0 Å². The lowest BCUT2D eigenvalue weighted by molar-refractivity contribution is 0.0581. The first kappa shape index (κ1) is 14.0. The number of aliphatic hydroxyl groups is 1. The maximum atomic E-state index is 11.5. The molecule has 0 saturated heterocycles. The Balaban J connectivity index is 3.11. The zero-order valence-corrected chi connectivity index (χ0v) is 10.1. The fourth-order valence-electron chi connectivity index (χ4n) is 1.32. The maximum absolute atomic E-state index is 11.5. The Bertz CT molecular complexity index is 440. The average Bonchev–Trinajstić information content (AvgIpc) is 2.42. The molecule has 98 valence electrons. The van der Waals surface area contributed by atoms with Crippen LogP contribution in [-0.2, 0) is 9.47 Å². The van der Waals surface area contributed by atoms with Crippen molar-refractivity contribution in [3.8, 4) is 5.75 Å². The number of aliphatic hydroxyl groups excluding tert-OH is 1. The number of carbonyl (C=O) groups excluding carboxylic acids is 2. The van der Waals surface area contributed by atoms with Crippen molar-refractivity contribution in [3.63, 3.8) is 0 Å². The lowest BCUT2D eigenvalue weighted by Gasteiger charge is -2.10. The summed E-state index contributed by atoms with van der Waals surface area (Å²) in [6.45, 7) is -0.197. The quantitative estimate of drug-likeness (QED) is 0.776. The lowest BCUT2D eigenvalue weighted by atomic mass is 10.1. The fraction of sp³-hybridized carbons (Fsp3) is 0.333. The molecular formula is C12H14O6. The van der Waals surface area contributed by atoms with Crippen LogP contribution in [0.3, 0.4) is 0 Å². The molecule has 1 aromatic carbocycles. The van der Waals surface area contributed by atoms with E-state index < -0.39 is 11.9 Å². The Hall–Kier alpha value is -2.08. The summed E-state index contributed by atoms with van der Waals surface area (Å²) in [5.74, 6) is -0.960. The van der Waals surface area contributed by atoms with Crippen LogP contribution in [0.1, 0.15) is 20.7 Å². The number of carbonyl (C=O) groups is 2. The molecule has 0 aromatic heterocycles. The first-order valence-corrected chi connectivity index (χ1v) is 5.18. The number of rotatable bonds is 5. The molecule has 0 aliphatic rings. The second kappa shape index (κ2) is 6.61. The van der Waals surface area contributed by atoms with Crippen LogP contribution in [0.15, 0.2) is 18.2 Å². The Kier molecular flexibility index (Phi) is 5.13. The summed E-state index contributed by atoms with van der Waals surface area (Å²) in [5.41, 5.74) is 0.427. The Morgan fingerprint density at radius 3 is 2.39 bits per heavy atom. The number of esters is 2. The van der Waals surface area contributed by atoms with E-state index in [1.54, 1.807) is 0 Å². The number of methoxy groups -OCH3 is 2. The molecule has 0 fully saturated rings. The molecule has 0 bridgehead atoms. The molecule has 0 amide bonds. The highest BCUT2D eigenvalue weighted by molar-refractivity contribution is 5.96. The topological polar surface area (TPSA) is 82.1 Å². The minimum absolute atomic E-state index is 0.00855. The molecule has 18 heavy (non-hydrogen) atoms. The molecule has 0 unspecified atom stereocenters. The molecule has 0 atom stereocenters. The molecule has 0 heterocycles. The normalized spacial score (nSPS) is 9.72. The predicted octanol–water partition coefficient (Wildman–Crippen LogP) is 0.631. The summed E-state index contributed by atoms with van der Waals surface area (Å²) in [6, 6.07) is 4.21. The van der Waals surface area contributed by atoms with Crippen molar-refractivity contribution in [1.29, 1.82) is 0 Å². The number of ether oxygens (including phenoxy) is 3. The van der Waals surface area contributed by atoms with E-state index >= 15 is 0 Å². The fourth-order valence-corrected chi connectivity index (χ4v) is 1.32. The molecule has 0 spiro atoms. The molecule has 0 saturated carbocycles. The van der Waals surface area contributed by atoms with Gasteiger partial charge in [-0.1, -0.05) is 0 Å². The highest BCUT2D eigenvalue weighted by Crippen LogP contribution is 2.22. The van der Waals surface area contributed by atoms with Gasteiger partial charge in [0.05, 0.1) is 26.4 Å². The van der Waals surface area contributed by atoms with E-state index in [-0.39, 0.29) is 30.1 Å². The SMILES string of the molecule is COC(=O)c1ccc(C(=O)OC)c(OCCO)c1. The number of hydrogen-bond donors (Lipinski definition) is 1. The summed E-state index contributed by atoms with van der Waals surface area (Å²) in [7, 11) is 2.50. The van der Waals surface area contributed by atoms with Crippen molar-refractivity contribution in [2.24, 2.45) is 0 Å². The van der Waals surface area contributed by atoms with Gasteiger partial charge < -0.3 is 19.3 Å². The third-order valence-corrected chi connectivity index (χ3v) is 2.16. The summed E-state index contributed by atoms with van der Waals surface area (Å²) in [6.07, 6.45) is 0. The van der Waals surface area contributed by atoms with E-state index in [0.717, 1.165) is 0 Å². The summed E-state index contributed by atoms with van der Waals surface area (Å²) >= 11 is 0. The van der Waals surface area contributed by atoms with Crippen LogP contribution in [0, 0.1) is 0 Å². The molecule has 6 heteroatoms. The van der Waals surface area contributed by atoms with Crippen LogP contribution in [0.2, 0.25) is 0 Å². The minimum Gasteiger partial charge on any atom is -0.490 e. The first-order valence-electron chi connectivity index (χ1n) is 5.18. The van der Waals surface area contributed by atoms with Gasteiger partial charge in [0, 0.05) is 0 Å². The highest BCUT2D eigenvalue weighted by Gasteiger charge is 2.16. The van der Waals surface area contributed by atoms with E-state index in [4.69, 9.17) is 9.84 Å². The molecule has 1 N–H and O–H groups in total. The van der Waals surface area contributed by atoms with Crippen LogP contribution in [0.25, 0.3) is 0 Å². The van der Waals surface area contributed by atoms with E-state index in [1.165, 1.54) is 32.4 Å². The zero-order chi connectivity index (χ0) is 13.5. The first-order chi connectivity index (χ1) is 8.63. The second-order valence-corrected chi connectivity index (χ2v) is 3.27. The Labute approximate surface area is 104 Å². The summed E-state index contributed by atoms with van der Waals surface area (Å²) < 4.78 is 14.3. The van der Waals surface area contributed by atoms with E-state index in [1.807, 2.05) is 0 Å². The van der Waals surface area contributed by atoms with Gasteiger partial charge >= 0.3 is 11.9 Å². The van der Waals surface area contributed by atoms with Crippen LogP contribution in [-0.4, -0.2) is 44.5 Å². The Morgan fingerprint density at radius 2 is 1.83 bits per heavy atom. The van der Waals surface area contributed by atoms with E-state index in [0.29, 0.717) is 0 Å². The van der Waals surface area contributed by atoms with Crippen LogP contribution < -0.4 is 4.74 Å². The van der Waals surface area contributed by atoms with Crippen molar-refractivity contribution in [1.82, 2.24) is 0 Å². The monoisotopic (exact) mass is 254 g/mol. The van der Waals surface area contributed by atoms with Crippen LogP contribution in [0.5, 0.6) is 5.75 Å². The molecule has 1 aromatic rings. The van der Waals surface area contributed by atoms with E-state index in [2.05, 4.69) is 9.47 Å². The smallest absolute Gasteiger partial charge is 0.341 e. The van der Waals surface area contributed by atoms with Gasteiger partial charge in [-0.3, -0.25) is 0 Å².